The molecule has 7 rings (SSSR count). The van der Waals surface area contributed by atoms with E-state index in [4.69, 9.17) is 0 Å². The van der Waals surface area contributed by atoms with Gasteiger partial charge in [-0.05, 0) is 88.0 Å². The third-order valence-electron chi connectivity index (χ3n) is 7.31. The number of rotatable bonds is 6. The quantitative estimate of drug-likeness (QED) is 0.222. The Labute approximate surface area is 234 Å². The molecule has 0 atom stereocenters. The van der Waals surface area contributed by atoms with Crippen LogP contribution in [0.1, 0.15) is 11.1 Å². The minimum atomic E-state index is 0.803. The van der Waals surface area contributed by atoms with Crippen molar-refractivity contribution >= 4 is 10.8 Å². The van der Waals surface area contributed by atoms with Gasteiger partial charge in [0.05, 0.1) is 23.3 Å². The van der Waals surface area contributed by atoms with E-state index in [0.717, 1.165) is 34.6 Å². The summed E-state index contributed by atoms with van der Waals surface area (Å²) in [5.74, 6) is 0. The lowest BCUT2D eigenvalue weighted by Gasteiger charge is -2.13. The molecule has 0 aliphatic rings. The van der Waals surface area contributed by atoms with E-state index < -0.39 is 0 Å². The molecule has 0 aliphatic carbocycles. The van der Waals surface area contributed by atoms with E-state index in [0.29, 0.717) is 0 Å². The molecule has 0 saturated carbocycles. The monoisotopic (exact) mass is 513 g/mol. The van der Waals surface area contributed by atoms with Crippen LogP contribution in [0.3, 0.4) is 0 Å². The van der Waals surface area contributed by atoms with Gasteiger partial charge in [0, 0.05) is 17.3 Å². The predicted octanol–water partition coefficient (Wildman–Crippen LogP) is 9.01. The fraction of sp³-hybridized carbons (Fsp3) is 0.0270. The fourth-order valence-corrected chi connectivity index (χ4v) is 5.38. The SMILES string of the molecule is c1ccc(-c2ccnn2-c2cccc(Cc3cc(-c4ccc5ccccc5c4)cc(-c4ccccn4)c3)c2)cc1. The molecule has 3 heteroatoms. The molecule has 0 bridgehead atoms. The summed E-state index contributed by atoms with van der Waals surface area (Å²) in [6.07, 6.45) is 4.52. The van der Waals surface area contributed by atoms with Crippen molar-refractivity contribution in [2.24, 2.45) is 0 Å². The van der Waals surface area contributed by atoms with Crippen LogP contribution in [0, 0.1) is 0 Å². The van der Waals surface area contributed by atoms with E-state index in [1.807, 2.05) is 35.3 Å². The summed E-state index contributed by atoms with van der Waals surface area (Å²) >= 11 is 0. The second-order valence-corrected chi connectivity index (χ2v) is 10.0. The Balaban J connectivity index is 1.28. The maximum atomic E-state index is 4.66. The van der Waals surface area contributed by atoms with Crippen molar-refractivity contribution in [1.29, 1.82) is 0 Å². The minimum Gasteiger partial charge on any atom is -0.256 e. The first-order valence-electron chi connectivity index (χ1n) is 13.5. The number of aromatic nitrogens is 3. The molecule has 40 heavy (non-hydrogen) atoms. The van der Waals surface area contributed by atoms with Crippen molar-refractivity contribution in [3.8, 4) is 39.3 Å². The normalized spacial score (nSPS) is 11.1. The maximum absolute atomic E-state index is 4.66. The average Bonchev–Trinajstić information content (AvgIpc) is 3.52. The molecule has 0 saturated heterocycles. The van der Waals surface area contributed by atoms with Crippen LogP contribution in [-0.4, -0.2) is 14.8 Å². The first kappa shape index (κ1) is 23.8. The topological polar surface area (TPSA) is 30.7 Å². The van der Waals surface area contributed by atoms with Gasteiger partial charge in [0.15, 0.2) is 0 Å². The molecule has 0 amide bonds. The highest BCUT2D eigenvalue weighted by molar-refractivity contribution is 5.88. The molecule has 0 aliphatic heterocycles. The van der Waals surface area contributed by atoms with Gasteiger partial charge in [-0.1, -0.05) is 91.0 Å². The Kier molecular flexibility index (Phi) is 6.23. The molecule has 190 valence electrons. The second kappa shape index (κ2) is 10.5. The molecular formula is C37H27N3. The van der Waals surface area contributed by atoms with Gasteiger partial charge in [-0.2, -0.15) is 5.10 Å². The Morgan fingerprint density at radius 3 is 2.17 bits per heavy atom. The van der Waals surface area contributed by atoms with E-state index in [1.54, 1.807) is 0 Å². The van der Waals surface area contributed by atoms with Gasteiger partial charge in [-0.15, -0.1) is 0 Å². The molecule has 0 spiro atoms. The highest BCUT2D eigenvalue weighted by atomic mass is 15.3. The highest BCUT2D eigenvalue weighted by Gasteiger charge is 2.11. The molecule has 0 fully saturated rings. The summed E-state index contributed by atoms with van der Waals surface area (Å²) in [6.45, 7) is 0. The molecule has 5 aromatic carbocycles. The third kappa shape index (κ3) is 4.81. The number of hydrogen-bond donors (Lipinski definition) is 0. The first-order valence-corrected chi connectivity index (χ1v) is 13.5. The van der Waals surface area contributed by atoms with E-state index in [1.165, 1.54) is 33.0 Å². The standard InChI is InChI=1S/C37H27N3/c1-2-11-30(12-3-1)37-18-20-39-40(37)35-14-8-9-27(24-35)21-28-22-33(26-34(23-28)36-15-6-7-19-38-36)32-17-16-29-10-4-5-13-31(29)25-32/h1-20,22-26H,21H2. The number of fused-ring (bicyclic) bond motifs is 1. The van der Waals surface area contributed by atoms with Crippen LogP contribution in [0.4, 0.5) is 0 Å². The van der Waals surface area contributed by atoms with Crippen LogP contribution in [-0.2, 0) is 6.42 Å². The van der Waals surface area contributed by atoms with Gasteiger partial charge in [0.1, 0.15) is 0 Å². The van der Waals surface area contributed by atoms with E-state index in [2.05, 4.69) is 131 Å². The maximum Gasteiger partial charge on any atom is 0.0740 e. The number of benzene rings is 5. The van der Waals surface area contributed by atoms with Crippen LogP contribution < -0.4 is 0 Å². The van der Waals surface area contributed by atoms with Crippen LogP contribution in [0.5, 0.6) is 0 Å². The summed E-state index contributed by atoms with van der Waals surface area (Å²) in [5.41, 5.74) is 10.2. The van der Waals surface area contributed by atoms with Gasteiger partial charge in [-0.3, -0.25) is 4.98 Å². The van der Waals surface area contributed by atoms with Gasteiger partial charge in [-0.25, -0.2) is 4.68 Å². The molecule has 3 nitrogen and oxygen atoms in total. The molecule has 0 N–H and O–H groups in total. The highest BCUT2D eigenvalue weighted by Crippen LogP contribution is 2.31. The predicted molar refractivity (Wildman–Crippen MR) is 164 cm³/mol. The van der Waals surface area contributed by atoms with Gasteiger partial charge >= 0.3 is 0 Å². The van der Waals surface area contributed by atoms with Crippen molar-refractivity contribution in [2.45, 2.75) is 6.42 Å². The summed E-state index contributed by atoms with van der Waals surface area (Å²) < 4.78 is 2.02. The van der Waals surface area contributed by atoms with E-state index >= 15 is 0 Å². The largest absolute Gasteiger partial charge is 0.256 e. The average molecular weight is 514 g/mol. The van der Waals surface area contributed by atoms with Gasteiger partial charge < -0.3 is 0 Å². The summed E-state index contributed by atoms with van der Waals surface area (Å²) in [7, 11) is 0. The second-order valence-electron chi connectivity index (χ2n) is 10.0. The van der Waals surface area contributed by atoms with Crippen LogP contribution in [0.15, 0.2) is 152 Å². The molecule has 2 aromatic heterocycles. The molecule has 7 aromatic rings. The Morgan fingerprint density at radius 1 is 0.475 bits per heavy atom. The lowest BCUT2D eigenvalue weighted by Crippen LogP contribution is -2.00. The minimum absolute atomic E-state index is 0.803. The number of pyridine rings is 1. The van der Waals surface area contributed by atoms with Crippen LogP contribution in [0.25, 0.3) is 50.1 Å². The zero-order valence-corrected chi connectivity index (χ0v) is 22.0. The Hall–Kier alpha value is -5.28. The van der Waals surface area contributed by atoms with Crippen molar-refractivity contribution in [3.05, 3.63) is 163 Å². The lowest BCUT2D eigenvalue weighted by atomic mass is 9.94. The summed E-state index contributed by atoms with van der Waals surface area (Å²) in [4.78, 5) is 4.66. The number of nitrogens with zero attached hydrogens (tertiary/aromatic N) is 3. The number of hydrogen-bond acceptors (Lipinski definition) is 2. The van der Waals surface area contributed by atoms with E-state index in [-0.39, 0.29) is 0 Å². The van der Waals surface area contributed by atoms with Crippen molar-refractivity contribution in [1.82, 2.24) is 14.8 Å². The van der Waals surface area contributed by atoms with Gasteiger partial charge in [0.25, 0.3) is 0 Å². The lowest BCUT2D eigenvalue weighted by molar-refractivity contribution is 0.885. The van der Waals surface area contributed by atoms with Gasteiger partial charge in [0.2, 0.25) is 0 Å². The first-order chi connectivity index (χ1) is 19.8. The fourth-order valence-electron chi connectivity index (χ4n) is 5.38. The van der Waals surface area contributed by atoms with Crippen molar-refractivity contribution < 1.29 is 0 Å². The van der Waals surface area contributed by atoms with Crippen LogP contribution in [0.2, 0.25) is 0 Å². The zero-order chi connectivity index (χ0) is 26.7. The Bertz CT molecular complexity index is 1920. The Morgan fingerprint density at radius 2 is 1.30 bits per heavy atom. The van der Waals surface area contributed by atoms with Crippen molar-refractivity contribution in [2.75, 3.05) is 0 Å². The third-order valence-corrected chi connectivity index (χ3v) is 7.31. The van der Waals surface area contributed by atoms with Crippen LogP contribution >= 0.6 is 0 Å². The zero-order valence-electron chi connectivity index (χ0n) is 22.0. The molecule has 2 heterocycles. The van der Waals surface area contributed by atoms with Crippen molar-refractivity contribution in [3.63, 3.8) is 0 Å². The smallest absolute Gasteiger partial charge is 0.0740 e. The summed E-state index contributed by atoms with van der Waals surface area (Å²) in [5, 5.41) is 7.14. The molecular weight excluding hydrogens is 486 g/mol. The van der Waals surface area contributed by atoms with E-state index in [9.17, 15) is 0 Å². The summed E-state index contributed by atoms with van der Waals surface area (Å²) in [6, 6.07) is 49.3. The molecule has 0 unspecified atom stereocenters. The molecule has 0 radical (unpaired) electrons.